The highest BCUT2D eigenvalue weighted by molar-refractivity contribution is 6.33. The first-order chi connectivity index (χ1) is 9.60. The van der Waals surface area contributed by atoms with E-state index < -0.39 is 0 Å². The van der Waals surface area contributed by atoms with Crippen LogP contribution in [0.5, 0.6) is 0 Å². The Labute approximate surface area is 124 Å². The third-order valence-electron chi connectivity index (χ3n) is 4.88. The van der Waals surface area contributed by atoms with Crippen LogP contribution in [0.15, 0.2) is 12.3 Å². The molecule has 1 spiro atoms. The van der Waals surface area contributed by atoms with Gasteiger partial charge in [-0.1, -0.05) is 24.4 Å². The van der Waals surface area contributed by atoms with Crippen LogP contribution in [0.3, 0.4) is 0 Å². The van der Waals surface area contributed by atoms with E-state index in [-0.39, 0.29) is 5.91 Å². The number of nitrogen functional groups attached to an aromatic ring is 1. The van der Waals surface area contributed by atoms with Gasteiger partial charge in [0.2, 0.25) is 0 Å². The van der Waals surface area contributed by atoms with E-state index in [9.17, 15) is 4.79 Å². The lowest BCUT2D eigenvalue weighted by Crippen LogP contribution is -2.42. The Balaban J connectivity index is 1.71. The summed E-state index contributed by atoms with van der Waals surface area (Å²) < 4.78 is 0. The molecule has 1 saturated heterocycles. The summed E-state index contributed by atoms with van der Waals surface area (Å²) in [6, 6.07) is 1.57. The van der Waals surface area contributed by atoms with E-state index in [0.717, 1.165) is 25.9 Å². The number of halogens is 1. The molecule has 3 rings (SSSR count). The van der Waals surface area contributed by atoms with Crippen molar-refractivity contribution in [2.45, 2.75) is 38.5 Å². The van der Waals surface area contributed by atoms with Gasteiger partial charge in [-0.2, -0.15) is 0 Å². The number of piperidine rings is 1. The summed E-state index contributed by atoms with van der Waals surface area (Å²) >= 11 is 6.07. The average Bonchev–Trinajstić information content (AvgIpc) is 2.90. The van der Waals surface area contributed by atoms with Crippen LogP contribution in [-0.2, 0) is 0 Å². The number of carbonyl (C=O) groups excluding carboxylic acids is 1. The zero-order valence-electron chi connectivity index (χ0n) is 11.6. The molecule has 2 fully saturated rings. The number of nitrogens with zero attached hydrogens (tertiary/aromatic N) is 2. The Morgan fingerprint density at radius 3 is 2.55 bits per heavy atom. The smallest absolute Gasteiger partial charge is 0.255 e. The van der Waals surface area contributed by atoms with Crippen LogP contribution in [-0.4, -0.2) is 28.9 Å². The molecule has 0 aromatic carbocycles. The Kier molecular flexibility index (Phi) is 3.59. The molecule has 1 aromatic heterocycles. The number of rotatable bonds is 1. The molecule has 2 aliphatic rings. The van der Waals surface area contributed by atoms with Crippen molar-refractivity contribution in [1.29, 1.82) is 0 Å². The lowest BCUT2D eigenvalue weighted by molar-refractivity contribution is 0.0587. The predicted octanol–water partition coefficient (Wildman–Crippen LogP) is 3.11. The molecule has 0 radical (unpaired) electrons. The minimum atomic E-state index is -0.0167. The lowest BCUT2D eigenvalue weighted by Gasteiger charge is -2.39. The molecular weight excluding hydrogens is 274 g/mol. The average molecular weight is 294 g/mol. The fraction of sp³-hybridized carbons (Fsp3) is 0.600. The molecule has 4 nitrogen and oxygen atoms in total. The first-order valence-electron chi connectivity index (χ1n) is 7.30. The van der Waals surface area contributed by atoms with E-state index in [1.54, 1.807) is 6.07 Å². The minimum Gasteiger partial charge on any atom is -0.384 e. The number of amides is 1. The molecule has 108 valence electrons. The van der Waals surface area contributed by atoms with Gasteiger partial charge in [-0.15, -0.1) is 0 Å². The van der Waals surface area contributed by atoms with Gasteiger partial charge in [-0.05, 0) is 37.2 Å². The number of likely N-dealkylation sites (tertiary alicyclic amines) is 1. The molecule has 0 atom stereocenters. The summed E-state index contributed by atoms with van der Waals surface area (Å²) in [6.45, 7) is 1.66. The number of aromatic nitrogens is 1. The zero-order chi connectivity index (χ0) is 14.2. The van der Waals surface area contributed by atoms with Crippen molar-refractivity contribution >= 4 is 23.3 Å². The van der Waals surface area contributed by atoms with E-state index >= 15 is 0 Å². The second-order valence-electron chi connectivity index (χ2n) is 6.09. The van der Waals surface area contributed by atoms with Crippen molar-refractivity contribution in [3.05, 3.63) is 22.8 Å². The highest BCUT2D eigenvalue weighted by Gasteiger charge is 2.38. The van der Waals surface area contributed by atoms with Crippen molar-refractivity contribution in [2.24, 2.45) is 5.41 Å². The molecule has 1 aromatic rings. The van der Waals surface area contributed by atoms with E-state index in [2.05, 4.69) is 4.98 Å². The van der Waals surface area contributed by atoms with Crippen molar-refractivity contribution in [3.8, 4) is 0 Å². The fourth-order valence-electron chi connectivity index (χ4n) is 3.60. The van der Waals surface area contributed by atoms with Crippen molar-refractivity contribution in [1.82, 2.24) is 9.88 Å². The number of hydrogen-bond acceptors (Lipinski definition) is 3. The number of anilines is 1. The Morgan fingerprint density at radius 1 is 1.25 bits per heavy atom. The van der Waals surface area contributed by atoms with Crippen LogP contribution >= 0.6 is 11.6 Å². The van der Waals surface area contributed by atoms with Gasteiger partial charge >= 0.3 is 0 Å². The van der Waals surface area contributed by atoms with Gasteiger partial charge in [0.25, 0.3) is 5.91 Å². The van der Waals surface area contributed by atoms with Gasteiger partial charge in [0, 0.05) is 19.3 Å². The van der Waals surface area contributed by atoms with Gasteiger partial charge in [0.15, 0.2) is 0 Å². The van der Waals surface area contributed by atoms with E-state index in [0.29, 0.717) is 21.8 Å². The number of nitrogens with two attached hydrogens (primary N) is 1. The van der Waals surface area contributed by atoms with Crippen molar-refractivity contribution < 1.29 is 4.79 Å². The third kappa shape index (κ3) is 2.49. The van der Waals surface area contributed by atoms with Gasteiger partial charge in [0.05, 0.1) is 10.6 Å². The summed E-state index contributed by atoms with van der Waals surface area (Å²) in [5, 5.41) is 0.380. The predicted molar refractivity (Wildman–Crippen MR) is 79.7 cm³/mol. The maximum atomic E-state index is 12.5. The molecule has 1 aliphatic heterocycles. The van der Waals surface area contributed by atoms with Crippen LogP contribution in [0.2, 0.25) is 5.02 Å². The molecule has 1 saturated carbocycles. The second-order valence-corrected chi connectivity index (χ2v) is 6.50. The molecule has 2 heterocycles. The maximum absolute atomic E-state index is 12.5. The Hall–Kier alpha value is -1.29. The molecule has 0 bridgehead atoms. The monoisotopic (exact) mass is 293 g/mol. The first kappa shape index (κ1) is 13.7. The number of carbonyl (C=O) groups is 1. The van der Waals surface area contributed by atoms with Crippen LogP contribution in [0, 0.1) is 5.41 Å². The van der Waals surface area contributed by atoms with Crippen LogP contribution < -0.4 is 5.73 Å². The summed E-state index contributed by atoms with van der Waals surface area (Å²) in [4.78, 5) is 18.3. The first-order valence-corrected chi connectivity index (χ1v) is 7.68. The summed E-state index contributed by atoms with van der Waals surface area (Å²) in [5.74, 6) is 0.318. The molecule has 1 amide bonds. The third-order valence-corrected chi connectivity index (χ3v) is 5.18. The van der Waals surface area contributed by atoms with E-state index in [1.165, 1.54) is 31.9 Å². The summed E-state index contributed by atoms with van der Waals surface area (Å²) in [5.41, 5.74) is 6.63. The SMILES string of the molecule is Nc1cc(C(=O)N2CCC3(CCCC3)CC2)c(Cl)cn1. The molecular formula is C15H20ClN3O. The zero-order valence-corrected chi connectivity index (χ0v) is 12.3. The lowest BCUT2D eigenvalue weighted by atomic mass is 9.77. The normalized spacial score (nSPS) is 21.4. The molecule has 20 heavy (non-hydrogen) atoms. The molecule has 0 unspecified atom stereocenters. The molecule has 5 heteroatoms. The van der Waals surface area contributed by atoms with Crippen molar-refractivity contribution in [2.75, 3.05) is 18.8 Å². The molecule has 2 N–H and O–H groups in total. The maximum Gasteiger partial charge on any atom is 0.255 e. The second kappa shape index (κ2) is 5.24. The number of pyridine rings is 1. The largest absolute Gasteiger partial charge is 0.384 e. The quantitative estimate of drug-likeness (QED) is 0.865. The van der Waals surface area contributed by atoms with Crippen LogP contribution in [0.25, 0.3) is 0 Å². The van der Waals surface area contributed by atoms with E-state index in [4.69, 9.17) is 17.3 Å². The topological polar surface area (TPSA) is 59.2 Å². The van der Waals surface area contributed by atoms with Gasteiger partial charge < -0.3 is 10.6 Å². The number of hydrogen-bond donors (Lipinski definition) is 1. The standard InChI is InChI=1S/C15H20ClN3O/c16-12-10-18-13(17)9-11(12)14(20)19-7-5-15(6-8-19)3-1-2-4-15/h9-10H,1-8H2,(H2,17,18). The highest BCUT2D eigenvalue weighted by Crippen LogP contribution is 2.46. The summed E-state index contributed by atoms with van der Waals surface area (Å²) in [6.07, 6.45) is 9.05. The highest BCUT2D eigenvalue weighted by atomic mass is 35.5. The van der Waals surface area contributed by atoms with E-state index in [1.807, 2.05) is 4.90 Å². The fourth-order valence-corrected chi connectivity index (χ4v) is 3.78. The van der Waals surface area contributed by atoms with Crippen molar-refractivity contribution in [3.63, 3.8) is 0 Å². The summed E-state index contributed by atoms with van der Waals surface area (Å²) in [7, 11) is 0. The van der Waals surface area contributed by atoms with Crippen LogP contribution in [0.4, 0.5) is 5.82 Å². The van der Waals surface area contributed by atoms with Gasteiger partial charge in [0.1, 0.15) is 5.82 Å². The van der Waals surface area contributed by atoms with Gasteiger partial charge in [-0.25, -0.2) is 4.98 Å². The Morgan fingerprint density at radius 2 is 1.90 bits per heavy atom. The Bertz CT molecular complexity index is 516. The minimum absolute atomic E-state index is 0.0167. The molecule has 1 aliphatic carbocycles. The van der Waals surface area contributed by atoms with Crippen LogP contribution in [0.1, 0.15) is 48.9 Å². The van der Waals surface area contributed by atoms with Gasteiger partial charge in [-0.3, -0.25) is 4.79 Å².